The fraction of sp³-hybridized carbons (Fsp3) is 0.500. The molecule has 0 unspecified atom stereocenters. The van der Waals surface area contributed by atoms with E-state index in [0.717, 1.165) is 19.4 Å². The lowest BCUT2D eigenvalue weighted by Crippen LogP contribution is -2.39. The summed E-state index contributed by atoms with van der Waals surface area (Å²) in [4.78, 5) is 18.6. The first-order valence-corrected chi connectivity index (χ1v) is 8.40. The number of hydrogen-bond donors (Lipinski definition) is 0. The monoisotopic (exact) mass is 331 g/mol. The molecule has 0 N–H and O–H groups in total. The molecule has 1 saturated heterocycles. The van der Waals surface area contributed by atoms with Gasteiger partial charge in [0.25, 0.3) is 0 Å². The number of carbonyl (C=O) groups excluding carboxylic acids is 1. The molecule has 5 nitrogen and oxygen atoms in total. The SMILES string of the molecule is CC(C)CC(=O)N1CCC[C@H](c2nc(-c3cccc(F)c3)no2)C1. The molecule has 1 amide bonds. The van der Waals surface area contributed by atoms with Crippen LogP contribution in [0, 0.1) is 11.7 Å². The van der Waals surface area contributed by atoms with E-state index in [1.54, 1.807) is 12.1 Å². The third-order valence-electron chi connectivity index (χ3n) is 4.23. The Kier molecular flexibility index (Phi) is 4.92. The molecule has 1 aromatic carbocycles. The van der Waals surface area contributed by atoms with Crippen LogP contribution in [-0.4, -0.2) is 34.0 Å². The summed E-state index contributed by atoms with van der Waals surface area (Å²) in [5, 5.41) is 3.96. The highest BCUT2D eigenvalue weighted by atomic mass is 19.1. The summed E-state index contributed by atoms with van der Waals surface area (Å²) in [7, 11) is 0. The Morgan fingerprint density at radius 2 is 2.29 bits per heavy atom. The Bertz CT molecular complexity index is 714. The van der Waals surface area contributed by atoms with Crippen LogP contribution in [0.1, 0.15) is 44.9 Å². The van der Waals surface area contributed by atoms with Gasteiger partial charge in [-0.1, -0.05) is 31.1 Å². The van der Waals surface area contributed by atoms with Gasteiger partial charge in [0.1, 0.15) is 5.82 Å². The summed E-state index contributed by atoms with van der Waals surface area (Å²) in [6, 6.07) is 6.13. The van der Waals surface area contributed by atoms with Gasteiger partial charge in [-0.15, -0.1) is 0 Å². The molecule has 0 bridgehead atoms. The Morgan fingerprint density at radius 1 is 1.46 bits per heavy atom. The van der Waals surface area contributed by atoms with Crippen molar-refractivity contribution in [2.75, 3.05) is 13.1 Å². The van der Waals surface area contributed by atoms with Gasteiger partial charge in [0.05, 0.1) is 5.92 Å². The maximum atomic E-state index is 13.3. The van der Waals surface area contributed by atoms with Gasteiger partial charge in [-0.05, 0) is 30.9 Å². The van der Waals surface area contributed by atoms with Gasteiger partial charge in [-0.3, -0.25) is 4.79 Å². The molecule has 128 valence electrons. The molecule has 24 heavy (non-hydrogen) atoms. The standard InChI is InChI=1S/C18H22FN3O2/c1-12(2)9-16(23)22-8-4-6-14(11-22)18-20-17(21-24-18)13-5-3-7-15(19)10-13/h3,5,7,10,12,14H,4,6,8-9,11H2,1-2H3/t14-/m0/s1. The minimum Gasteiger partial charge on any atom is -0.342 e. The summed E-state index contributed by atoms with van der Waals surface area (Å²) in [6.07, 6.45) is 2.40. The zero-order chi connectivity index (χ0) is 17.1. The van der Waals surface area contributed by atoms with Crippen molar-refractivity contribution in [1.29, 1.82) is 0 Å². The van der Waals surface area contributed by atoms with E-state index >= 15 is 0 Å². The fourth-order valence-corrected chi connectivity index (χ4v) is 3.03. The molecule has 6 heteroatoms. The molecule has 0 radical (unpaired) electrons. The molecule has 0 spiro atoms. The molecule has 2 heterocycles. The molecule has 1 aromatic heterocycles. The van der Waals surface area contributed by atoms with E-state index in [9.17, 15) is 9.18 Å². The second kappa shape index (κ2) is 7.11. The van der Waals surface area contributed by atoms with Crippen LogP contribution in [0.5, 0.6) is 0 Å². The maximum absolute atomic E-state index is 13.3. The number of benzene rings is 1. The van der Waals surface area contributed by atoms with Gasteiger partial charge in [0.15, 0.2) is 0 Å². The van der Waals surface area contributed by atoms with Crippen LogP contribution in [0.4, 0.5) is 4.39 Å². The number of hydrogen-bond acceptors (Lipinski definition) is 4. The van der Waals surface area contributed by atoms with Gasteiger partial charge < -0.3 is 9.42 Å². The number of aromatic nitrogens is 2. The molecule has 0 saturated carbocycles. The van der Waals surface area contributed by atoms with Crippen molar-refractivity contribution < 1.29 is 13.7 Å². The highest BCUT2D eigenvalue weighted by molar-refractivity contribution is 5.76. The normalized spacial score (nSPS) is 18.2. The molecule has 1 aliphatic rings. The summed E-state index contributed by atoms with van der Waals surface area (Å²) < 4.78 is 18.7. The van der Waals surface area contributed by atoms with E-state index in [1.165, 1.54) is 12.1 Å². The van der Waals surface area contributed by atoms with Gasteiger partial charge in [0.2, 0.25) is 17.6 Å². The number of nitrogens with zero attached hydrogens (tertiary/aromatic N) is 3. The molecule has 3 rings (SSSR count). The van der Waals surface area contributed by atoms with Gasteiger partial charge in [-0.25, -0.2) is 4.39 Å². The Hall–Kier alpha value is -2.24. The van der Waals surface area contributed by atoms with Crippen LogP contribution in [0.15, 0.2) is 28.8 Å². The van der Waals surface area contributed by atoms with Gasteiger partial charge >= 0.3 is 0 Å². The quantitative estimate of drug-likeness (QED) is 0.858. The number of piperidine rings is 1. The molecule has 1 atom stereocenters. The van der Waals surface area contributed by atoms with Crippen LogP contribution < -0.4 is 0 Å². The van der Waals surface area contributed by atoms with Crippen molar-refractivity contribution in [3.8, 4) is 11.4 Å². The highest BCUT2D eigenvalue weighted by Gasteiger charge is 2.28. The smallest absolute Gasteiger partial charge is 0.231 e. The molecular formula is C18H22FN3O2. The lowest BCUT2D eigenvalue weighted by Gasteiger charge is -2.31. The Morgan fingerprint density at radius 3 is 3.04 bits per heavy atom. The van der Waals surface area contributed by atoms with Crippen molar-refractivity contribution >= 4 is 5.91 Å². The predicted molar refractivity (Wildman–Crippen MR) is 87.7 cm³/mol. The second-order valence-electron chi connectivity index (χ2n) is 6.74. The number of rotatable bonds is 4. The van der Waals surface area contributed by atoms with E-state index < -0.39 is 0 Å². The minimum absolute atomic E-state index is 0.0460. The largest absolute Gasteiger partial charge is 0.342 e. The van der Waals surface area contributed by atoms with Crippen molar-refractivity contribution in [2.45, 2.75) is 39.0 Å². The Balaban J connectivity index is 1.71. The number of amides is 1. The van der Waals surface area contributed by atoms with Crippen molar-refractivity contribution in [3.05, 3.63) is 36.0 Å². The van der Waals surface area contributed by atoms with Gasteiger partial charge in [0, 0.05) is 25.1 Å². The summed E-state index contributed by atoms with van der Waals surface area (Å²) >= 11 is 0. The van der Waals surface area contributed by atoms with Crippen LogP contribution in [0.2, 0.25) is 0 Å². The fourth-order valence-electron chi connectivity index (χ4n) is 3.03. The Labute approximate surface area is 140 Å². The van der Waals surface area contributed by atoms with Crippen LogP contribution in [0.25, 0.3) is 11.4 Å². The minimum atomic E-state index is -0.332. The maximum Gasteiger partial charge on any atom is 0.231 e. The lowest BCUT2D eigenvalue weighted by atomic mass is 9.97. The average molecular weight is 331 g/mol. The zero-order valence-electron chi connectivity index (χ0n) is 14.0. The van der Waals surface area contributed by atoms with Crippen LogP contribution in [-0.2, 0) is 4.79 Å². The first-order valence-electron chi connectivity index (χ1n) is 8.40. The summed E-state index contributed by atoms with van der Waals surface area (Å²) in [5.74, 6) is 1.15. The zero-order valence-corrected chi connectivity index (χ0v) is 14.0. The topological polar surface area (TPSA) is 59.2 Å². The number of likely N-dealkylation sites (tertiary alicyclic amines) is 1. The third-order valence-corrected chi connectivity index (χ3v) is 4.23. The predicted octanol–water partition coefficient (Wildman–Crippen LogP) is 3.63. The molecule has 1 aliphatic heterocycles. The number of halogens is 1. The highest BCUT2D eigenvalue weighted by Crippen LogP contribution is 2.28. The van der Waals surface area contributed by atoms with E-state index in [1.807, 2.05) is 18.7 Å². The van der Waals surface area contributed by atoms with Crippen LogP contribution >= 0.6 is 0 Å². The number of carbonyl (C=O) groups is 1. The van der Waals surface area contributed by atoms with Crippen molar-refractivity contribution in [1.82, 2.24) is 15.0 Å². The molecule has 1 fully saturated rings. The van der Waals surface area contributed by atoms with Crippen molar-refractivity contribution in [3.63, 3.8) is 0 Å². The van der Waals surface area contributed by atoms with E-state index in [2.05, 4.69) is 10.1 Å². The van der Waals surface area contributed by atoms with E-state index in [-0.39, 0.29) is 17.6 Å². The lowest BCUT2D eigenvalue weighted by molar-refractivity contribution is -0.133. The van der Waals surface area contributed by atoms with E-state index in [0.29, 0.717) is 36.2 Å². The van der Waals surface area contributed by atoms with Gasteiger partial charge in [-0.2, -0.15) is 4.98 Å². The summed E-state index contributed by atoms with van der Waals surface area (Å²) in [5.41, 5.74) is 0.591. The van der Waals surface area contributed by atoms with Crippen molar-refractivity contribution in [2.24, 2.45) is 5.92 Å². The molecule has 0 aliphatic carbocycles. The third kappa shape index (κ3) is 3.80. The summed E-state index contributed by atoms with van der Waals surface area (Å²) in [6.45, 7) is 5.48. The second-order valence-corrected chi connectivity index (χ2v) is 6.74. The molecular weight excluding hydrogens is 309 g/mol. The average Bonchev–Trinajstić information content (AvgIpc) is 3.04. The van der Waals surface area contributed by atoms with Crippen LogP contribution in [0.3, 0.4) is 0 Å². The van der Waals surface area contributed by atoms with E-state index in [4.69, 9.17) is 4.52 Å². The first-order chi connectivity index (χ1) is 11.5. The molecule has 2 aromatic rings. The first kappa shape index (κ1) is 16.6.